The van der Waals surface area contributed by atoms with Gasteiger partial charge in [-0.3, -0.25) is 9.48 Å². The Morgan fingerprint density at radius 2 is 1.76 bits per heavy atom. The fraction of sp³-hybridized carbons (Fsp3) is 0.304. The summed E-state index contributed by atoms with van der Waals surface area (Å²) in [6.07, 6.45) is 0.683. The topological polar surface area (TPSA) is 65.4 Å². The van der Waals surface area contributed by atoms with Crippen LogP contribution < -0.4 is 14.8 Å². The van der Waals surface area contributed by atoms with Gasteiger partial charge in [-0.05, 0) is 61.2 Å². The summed E-state index contributed by atoms with van der Waals surface area (Å²) < 4.78 is 12.3. The van der Waals surface area contributed by atoms with Gasteiger partial charge in [0.15, 0.2) is 17.2 Å². The van der Waals surface area contributed by atoms with Gasteiger partial charge < -0.3 is 14.8 Å². The molecule has 1 amide bonds. The summed E-state index contributed by atoms with van der Waals surface area (Å²) in [6, 6.07) is 13.8. The third kappa shape index (κ3) is 4.59. The second kappa shape index (κ2) is 8.82. The van der Waals surface area contributed by atoms with Crippen molar-refractivity contribution in [3.8, 4) is 22.8 Å². The minimum Gasteiger partial charge on any atom is -0.493 e. The number of nitrogens with zero attached hydrogens (tertiary/aromatic N) is 2. The monoisotopic (exact) mass is 393 g/mol. The molecule has 0 unspecified atom stereocenters. The number of aromatic nitrogens is 2. The molecule has 6 nitrogen and oxygen atoms in total. The number of methoxy groups -OCH3 is 2. The fourth-order valence-electron chi connectivity index (χ4n) is 3.20. The van der Waals surface area contributed by atoms with E-state index in [-0.39, 0.29) is 5.91 Å². The Morgan fingerprint density at radius 1 is 1.00 bits per heavy atom. The largest absolute Gasteiger partial charge is 0.493 e. The average molecular weight is 393 g/mol. The Bertz CT molecular complexity index is 1020. The van der Waals surface area contributed by atoms with Crippen molar-refractivity contribution < 1.29 is 14.3 Å². The molecule has 1 N–H and O–H groups in total. The smallest absolute Gasteiger partial charge is 0.271 e. The minimum atomic E-state index is -0.184. The second-order valence-electron chi connectivity index (χ2n) is 7.03. The number of rotatable bonds is 7. The van der Waals surface area contributed by atoms with Gasteiger partial charge >= 0.3 is 0 Å². The molecule has 6 heteroatoms. The van der Waals surface area contributed by atoms with E-state index in [1.807, 2.05) is 31.3 Å². The van der Waals surface area contributed by atoms with Crippen LogP contribution in [0.1, 0.15) is 27.2 Å². The molecule has 3 aromatic rings. The molecule has 1 aromatic heterocycles. The number of nitrogens with one attached hydrogen (secondary N) is 1. The van der Waals surface area contributed by atoms with Crippen LogP contribution in [0.4, 0.5) is 0 Å². The zero-order chi connectivity index (χ0) is 21.0. The molecular formula is C23H27N3O3. The zero-order valence-electron chi connectivity index (χ0n) is 17.6. The van der Waals surface area contributed by atoms with Crippen LogP contribution in [0.25, 0.3) is 11.3 Å². The van der Waals surface area contributed by atoms with E-state index in [4.69, 9.17) is 9.47 Å². The Labute approximate surface area is 171 Å². The van der Waals surface area contributed by atoms with Crippen LogP contribution in [-0.4, -0.2) is 36.5 Å². The van der Waals surface area contributed by atoms with Gasteiger partial charge in [0.05, 0.1) is 19.9 Å². The van der Waals surface area contributed by atoms with Crippen LogP contribution in [0.2, 0.25) is 0 Å². The van der Waals surface area contributed by atoms with Crippen molar-refractivity contribution in [2.45, 2.75) is 20.3 Å². The van der Waals surface area contributed by atoms with E-state index >= 15 is 0 Å². The van der Waals surface area contributed by atoms with Crippen LogP contribution in [0.15, 0.2) is 42.5 Å². The number of carbonyl (C=O) groups is 1. The molecule has 152 valence electrons. The minimum absolute atomic E-state index is 0.184. The van der Waals surface area contributed by atoms with E-state index in [0.717, 1.165) is 16.8 Å². The zero-order valence-corrected chi connectivity index (χ0v) is 17.6. The molecule has 0 spiro atoms. The van der Waals surface area contributed by atoms with Crippen LogP contribution in [0.5, 0.6) is 11.5 Å². The van der Waals surface area contributed by atoms with Crippen molar-refractivity contribution in [2.24, 2.45) is 7.05 Å². The molecule has 3 rings (SSSR count). The van der Waals surface area contributed by atoms with Crippen molar-refractivity contribution in [1.29, 1.82) is 0 Å². The summed E-state index contributed by atoms with van der Waals surface area (Å²) in [5.41, 5.74) is 5.88. The molecule has 0 saturated carbocycles. The highest BCUT2D eigenvalue weighted by molar-refractivity contribution is 5.93. The molecule has 0 aliphatic heterocycles. The first-order valence-corrected chi connectivity index (χ1v) is 9.53. The number of carbonyl (C=O) groups excluding carboxylic acids is 1. The second-order valence-corrected chi connectivity index (χ2v) is 7.03. The average Bonchev–Trinajstić information content (AvgIpc) is 3.11. The molecule has 1 heterocycles. The van der Waals surface area contributed by atoms with Crippen molar-refractivity contribution in [3.05, 3.63) is 64.8 Å². The summed E-state index contributed by atoms with van der Waals surface area (Å²) in [7, 11) is 5.07. The number of hydrogen-bond donors (Lipinski definition) is 1. The lowest BCUT2D eigenvalue weighted by Gasteiger charge is -2.09. The lowest BCUT2D eigenvalue weighted by Crippen LogP contribution is -2.26. The summed E-state index contributed by atoms with van der Waals surface area (Å²) in [5, 5.41) is 7.32. The maximum absolute atomic E-state index is 12.5. The Morgan fingerprint density at radius 3 is 2.45 bits per heavy atom. The molecule has 29 heavy (non-hydrogen) atoms. The van der Waals surface area contributed by atoms with E-state index in [9.17, 15) is 4.79 Å². The fourth-order valence-corrected chi connectivity index (χ4v) is 3.20. The molecule has 0 atom stereocenters. The van der Waals surface area contributed by atoms with Gasteiger partial charge in [-0.1, -0.05) is 18.2 Å². The molecule has 2 aromatic carbocycles. The van der Waals surface area contributed by atoms with E-state index in [1.54, 1.807) is 18.9 Å². The number of ether oxygens (including phenoxy) is 2. The van der Waals surface area contributed by atoms with Crippen LogP contribution in [0, 0.1) is 13.8 Å². The predicted molar refractivity (Wildman–Crippen MR) is 114 cm³/mol. The normalized spacial score (nSPS) is 10.7. The van der Waals surface area contributed by atoms with Crippen LogP contribution in [0.3, 0.4) is 0 Å². The van der Waals surface area contributed by atoms with E-state index in [2.05, 4.69) is 42.5 Å². The molecule has 0 radical (unpaired) electrons. The van der Waals surface area contributed by atoms with Gasteiger partial charge in [-0.2, -0.15) is 5.10 Å². The number of benzene rings is 2. The molecule has 0 fully saturated rings. The highest BCUT2D eigenvalue weighted by Crippen LogP contribution is 2.27. The van der Waals surface area contributed by atoms with E-state index in [0.29, 0.717) is 30.2 Å². The summed E-state index contributed by atoms with van der Waals surface area (Å²) in [4.78, 5) is 12.5. The van der Waals surface area contributed by atoms with Gasteiger partial charge in [-0.15, -0.1) is 0 Å². The number of aryl methyl sites for hydroxylation is 3. The van der Waals surface area contributed by atoms with Crippen LogP contribution >= 0.6 is 0 Å². The van der Waals surface area contributed by atoms with Crippen LogP contribution in [-0.2, 0) is 13.5 Å². The highest BCUT2D eigenvalue weighted by Gasteiger charge is 2.14. The van der Waals surface area contributed by atoms with Gasteiger partial charge in [0.25, 0.3) is 5.91 Å². The maximum Gasteiger partial charge on any atom is 0.271 e. The molecule has 0 bridgehead atoms. The third-order valence-corrected chi connectivity index (χ3v) is 5.06. The van der Waals surface area contributed by atoms with Gasteiger partial charge in [-0.25, -0.2) is 0 Å². The van der Waals surface area contributed by atoms with Crippen molar-refractivity contribution in [2.75, 3.05) is 20.8 Å². The summed E-state index contributed by atoms with van der Waals surface area (Å²) >= 11 is 0. The first-order chi connectivity index (χ1) is 13.9. The van der Waals surface area contributed by atoms with Crippen molar-refractivity contribution >= 4 is 5.91 Å². The Kier molecular flexibility index (Phi) is 6.22. The summed E-state index contributed by atoms with van der Waals surface area (Å²) in [5.74, 6) is 1.18. The SMILES string of the molecule is COc1ccc(CCNC(=O)c2cc(-c3ccc(C)c(C)c3)n(C)n2)cc1OC. The standard InChI is InChI=1S/C23H27N3O3/c1-15-6-8-18(12-16(15)2)20-14-19(25-26(20)3)23(27)24-11-10-17-7-9-21(28-4)22(13-17)29-5/h6-9,12-14H,10-11H2,1-5H3,(H,24,27). The Hall–Kier alpha value is -3.28. The summed E-state index contributed by atoms with van der Waals surface area (Å²) in [6.45, 7) is 4.67. The molecule has 0 aliphatic rings. The third-order valence-electron chi connectivity index (χ3n) is 5.06. The number of hydrogen-bond acceptors (Lipinski definition) is 4. The quantitative estimate of drug-likeness (QED) is 0.665. The first kappa shape index (κ1) is 20.5. The molecular weight excluding hydrogens is 366 g/mol. The number of amides is 1. The molecule has 0 aliphatic carbocycles. The van der Waals surface area contributed by atoms with Gasteiger partial charge in [0.1, 0.15) is 0 Å². The highest BCUT2D eigenvalue weighted by atomic mass is 16.5. The van der Waals surface area contributed by atoms with E-state index < -0.39 is 0 Å². The molecule has 0 saturated heterocycles. The predicted octanol–water partition coefficient (Wildman–Crippen LogP) is 3.69. The maximum atomic E-state index is 12.5. The lowest BCUT2D eigenvalue weighted by molar-refractivity contribution is 0.0948. The van der Waals surface area contributed by atoms with E-state index in [1.165, 1.54) is 11.1 Å². The Balaban J connectivity index is 1.65. The van der Waals surface area contributed by atoms with Crippen molar-refractivity contribution in [3.63, 3.8) is 0 Å². The first-order valence-electron chi connectivity index (χ1n) is 9.53. The van der Waals surface area contributed by atoms with Gasteiger partial charge in [0, 0.05) is 19.2 Å². The lowest BCUT2D eigenvalue weighted by atomic mass is 10.0. The van der Waals surface area contributed by atoms with Gasteiger partial charge in [0.2, 0.25) is 0 Å². The van der Waals surface area contributed by atoms with Crippen molar-refractivity contribution in [1.82, 2.24) is 15.1 Å².